The highest BCUT2D eigenvalue weighted by atomic mass is 35.5. The monoisotopic (exact) mass is 638 g/mol. The van der Waals surface area contributed by atoms with Gasteiger partial charge in [-0.2, -0.15) is 13.2 Å². The Morgan fingerprint density at radius 1 is 1.12 bits per heavy atom. The molecule has 0 radical (unpaired) electrons. The molecule has 5 rings (SSSR count). The lowest BCUT2D eigenvalue weighted by Crippen LogP contribution is -2.44. The van der Waals surface area contributed by atoms with Crippen molar-refractivity contribution in [2.75, 3.05) is 6.54 Å². The summed E-state index contributed by atoms with van der Waals surface area (Å²) in [5, 5.41) is 18.7. The van der Waals surface area contributed by atoms with Crippen LogP contribution in [0.25, 0.3) is 17.1 Å². The number of primary amides is 1. The Hall–Kier alpha value is -4.21. The first-order valence-corrected chi connectivity index (χ1v) is 13.6. The number of aliphatic hydroxyl groups is 1. The van der Waals surface area contributed by atoms with Crippen molar-refractivity contribution in [3.63, 3.8) is 0 Å². The van der Waals surface area contributed by atoms with E-state index in [1.807, 2.05) is 0 Å². The zero-order chi connectivity index (χ0) is 31.1. The van der Waals surface area contributed by atoms with E-state index < -0.39 is 42.4 Å². The van der Waals surface area contributed by atoms with Crippen LogP contribution in [0, 0.1) is 0 Å². The molecular weight excluding hydrogens is 616 g/mol. The van der Waals surface area contributed by atoms with Crippen LogP contribution in [-0.2, 0) is 17.9 Å². The van der Waals surface area contributed by atoms with E-state index in [0.29, 0.717) is 29.0 Å². The fourth-order valence-electron chi connectivity index (χ4n) is 4.79. The highest BCUT2D eigenvalue weighted by Crippen LogP contribution is 2.28. The standard InChI is InChI=1S/C26H23Cl2F3N8O4/c27-15-8-6-14(7-9-15)23-35-38(25(43)37(23)11-19(40)26(29,30)31)12-20-33-13-39(34-20)21-16(3-1-4-17(21)28)24(42)36-10-2-5-18(36)22(32)41/h1,3-4,6-9,13,18-19,40H,2,5,10-12H2,(H2,32,41)/t18?,19-/m0/s1. The molecule has 2 aromatic carbocycles. The largest absolute Gasteiger partial charge is 0.416 e. The van der Waals surface area contributed by atoms with E-state index in [4.69, 9.17) is 28.9 Å². The number of amides is 2. The van der Waals surface area contributed by atoms with Crippen molar-refractivity contribution in [3.8, 4) is 17.1 Å². The van der Waals surface area contributed by atoms with Crippen LogP contribution in [0.1, 0.15) is 29.0 Å². The second-order valence-electron chi connectivity index (χ2n) is 9.74. The Morgan fingerprint density at radius 2 is 1.84 bits per heavy atom. The number of aliphatic hydroxyl groups excluding tert-OH is 1. The third kappa shape index (κ3) is 6.14. The van der Waals surface area contributed by atoms with Gasteiger partial charge in [-0.1, -0.05) is 29.3 Å². The molecule has 3 N–H and O–H groups in total. The summed E-state index contributed by atoms with van der Waals surface area (Å²) in [6.45, 7) is -1.15. The van der Waals surface area contributed by atoms with Gasteiger partial charge >= 0.3 is 11.9 Å². The maximum Gasteiger partial charge on any atom is 0.416 e. The Bertz CT molecular complexity index is 1740. The second-order valence-corrected chi connectivity index (χ2v) is 10.6. The number of hydrogen-bond donors (Lipinski definition) is 2. The third-order valence-electron chi connectivity index (χ3n) is 6.88. The van der Waals surface area contributed by atoms with Crippen molar-refractivity contribution >= 4 is 35.0 Å². The average molecular weight is 639 g/mol. The number of nitrogens with two attached hydrogens (primary N) is 1. The molecule has 2 amide bonds. The fraction of sp³-hybridized carbons (Fsp3) is 0.308. The summed E-state index contributed by atoms with van der Waals surface area (Å²) in [4.78, 5) is 44.0. The molecule has 43 heavy (non-hydrogen) atoms. The van der Waals surface area contributed by atoms with Gasteiger partial charge in [0.15, 0.2) is 17.8 Å². The average Bonchev–Trinajstić information content (AvgIpc) is 3.69. The van der Waals surface area contributed by atoms with Crippen LogP contribution >= 0.6 is 23.2 Å². The predicted octanol–water partition coefficient (Wildman–Crippen LogP) is 2.66. The number of carbonyl (C=O) groups excluding carboxylic acids is 2. The number of nitrogens with zero attached hydrogens (tertiary/aromatic N) is 7. The topological polar surface area (TPSA) is 154 Å². The molecule has 2 aromatic heterocycles. The van der Waals surface area contributed by atoms with E-state index in [2.05, 4.69) is 15.2 Å². The van der Waals surface area contributed by atoms with Gasteiger partial charge in [-0.05, 0) is 49.2 Å². The van der Waals surface area contributed by atoms with E-state index in [0.717, 1.165) is 4.68 Å². The van der Waals surface area contributed by atoms with Crippen molar-refractivity contribution in [1.82, 2.24) is 34.0 Å². The number of halogens is 5. The van der Waals surface area contributed by atoms with Crippen molar-refractivity contribution in [2.24, 2.45) is 5.73 Å². The van der Waals surface area contributed by atoms with Gasteiger partial charge in [-0.25, -0.2) is 19.1 Å². The molecule has 226 valence electrons. The minimum atomic E-state index is -4.98. The molecule has 17 heteroatoms. The van der Waals surface area contributed by atoms with E-state index >= 15 is 0 Å². The van der Waals surface area contributed by atoms with Crippen LogP contribution in [0.2, 0.25) is 10.0 Å². The third-order valence-corrected chi connectivity index (χ3v) is 7.43. The first kappa shape index (κ1) is 30.3. The van der Waals surface area contributed by atoms with Crippen LogP contribution in [0.4, 0.5) is 13.2 Å². The van der Waals surface area contributed by atoms with Crippen LogP contribution in [0.15, 0.2) is 53.6 Å². The van der Waals surface area contributed by atoms with Crippen LogP contribution in [0.3, 0.4) is 0 Å². The Labute approximate surface area is 251 Å². The molecule has 1 fully saturated rings. The molecule has 12 nitrogen and oxygen atoms in total. The summed E-state index contributed by atoms with van der Waals surface area (Å²) >= 11 is 12.4. The number of alkyl halides is 3. The number of likely N-dealkylation sites (tertiary alicyclic amines) is 1. The molecule has 0 saturated carbocycles. The summed E-state index contributed by atoms with van der Waals surface area (Å²) in [6.07, 6.45) is -5.52. The maximum absolute atomic E-state index is 13.4. The van der Waals surface area contributed by atoms with Gasteiger partial charge in [0.2, 0.25) is 5.91 Å². The zero-order valence-corrected chi connectivity index (χ0v) is 23.6. The van der Waals surface area contributed by atoms with Crippen molar-refractivity contribution in [2.45, 2.75) is 44.3 Å². The molecule has 0 aliphatic carbocycles. The van der Waals surface area contributed by atoms with Gasteiger partial charge in [0, 0.05) is 17.1 Å². The van der Waals surface area contributed by atoms with E-state index in [1.54, 1.807) is 6.07 Å². The smallest absolute Gasteiger partial charge is 0.382 e. The van der Waals surface area contributed by atoms with Gasteiger partial charge in [0.25, 0.3) is 5.91 Å². The highest BCUT2D eigenvalue weighted by molar-refractivity contribution is 6.33. The van der Waals surface area contributed by atoms with Gasteiger partial charge in [0.1, 0.15) is 18.9 Å². The molecule has 1 aliphatic heterocycles. The fourth-order valence-corrected chi connectivity index (χ4v) is 5.18. The second kappa shape index (κ2) is 11.8. The first-order chi connectivity index (χ1) is 20.3. The number of para-hydroxylation sites is 1. The number of hydrogen-bond acceptors (Lipinski definition) is 7. The lowest BCUT2D eigenvalue weighted by atomic mass is 10.1. The number of carbonyl (C=O) groups is 2. The molecule has 1 aliphatic rings. The molecule has 1 saturated heterocycles. The quantitative estimate of drug-likeness (QED) is 0.301. The van der Waals surface area contributed by atoms with Crippen LogP contribution < -0.4 is 11.4 Å². The van der Waals surface area contributed by atoms with Gasteiger partial charge in [-0.3, -0.25) is 14.2 Å². The maximum atomic E-state index is 13.4. The molecular formula is C26H23Cl2F3N8O4. The van der Waals surface area contributed by atoms with E-state index in [1.165, 1.54) is 52.3 Å². The Kier molecular flexibility index (Phi) is 8.31. The summed E-state index contributed by atoms with van der Waals surface area (Å²) in [7, 11) is 0. The van der Waals surface area contributed by atoms with E-state index in [-0.39, 0.29) is 40.0 Å². The Balaban J connectivity index is 1.49. The minimum absolute atomic E-state index is 0.0141. The van der Waals surface area contributed by atoms with Gasteiger partial charge in [-0.15, -0.1) is 10.2 Å². The molecule has 2 atom stereocenters. The van der Waals surface area contributed by atoms with Crippen LogP contribution in [0.5, 0.6) is 0 Å². The number of aromatic nitrogens is 6. The lowest BCUT2D eigenvalue weighted by molar-refractivity contribution is -0.207. The molecule has 1 unspecified atom stereocenters. The normalized spacial score (nSPS) is 16.0. The summed E-state index contributed by atoms with van der Waals surface area (Å²) in [5.74, 6) is -1.23. The number of rotatable bonds is 8. The molecule has 3 heterocycles. The summed E-state index contributed by atoms with van der Waals surface area (Å²) < 4.78 is 42.3. The van der Waals surface area contributed by atoms with E-state index in [9.17, 15) is 32.7 Å². The van der Waals surface area contributed by atoms with Gasteiger partial charge in [0.05, 0.1) is 22.8 Å². The molecule has 4 aromatic rings. The lowest BCUT2D eigenvalue weighted by Gasteiger charge is -2.23. The highest BCUT2D eigenvalue weighted by Gasteiger charge is 2.39. The minimum Gasteiger partial charge on any atom is -0.382 e. The predicted molar refractivity (Wildman–Crippen MR) is 148 cm³/mol. The first-order valence-electron chi connectivity index (χ1n) is 12.8. The molecule has 0 spiro atoms. The Morgan fingerprint density at radius 3 is 2.51 bits per heavy atom. The zero-order valence-electron chi connectivity index (χ0n) is 22.1. The van der Waals surface area contributed by atoms with Crippen molar-refractivity contribution in [3.05, 3.63) is 80.7 Å². The number of benzene rings is 2. The summed E-state index contributed by atoms with van der Waals surface area (Å²) in [5.41, 5.74) is 5.10. The summed E-state index contributed by atoms with van der Waals surface area (Å²) in [6, 6.07) is 9.73. The van der Waals surface area contributed by atoms with Crippen molar-refractivity contribution < 1.29 is 27.9 Å². The SMILES string of the molecule is NC(=O)C1CCCN1C(=O)c1cccc(Cl)c1-n1cnc(Cn2nc(-c3ccc(Cl)cc3)n(C[C@H](O)C(F)(F)F)c2=O)n1. The molecule has 0 bridgehead atoms. The van der Waals surface area contributed by atoms with Gasteiger partial charge < -0.3 is 15.7 Å². The van der Waals surface area contributed by atoms with Crippen LogP contribution in [-0.4, -0.2) is 75.8 Å². The van der Waals surface area contributed by atoms with Crippen molar-refractivity contribution in [1.29, 1.82) is 0 Å².